The summed E-state index contributed by atoms with van der Waals surface area (Å²) in [4.78, 5) is 4.22. The number of aliphatic imine (C=N–C) groups is 1. The van der Waals surface area contributed by atoms with Crippen molar-refractivity contribution in [2.24, 2.45) is 16.5 Å². The first-order chi connectivity index (χ1) is 8.62. The molecule has 4 N–H and O–H groups in total. The van der Waals surface area contributed by atoms with Crippen molar-refractivity contribution in [2.75, 3.05) is 19.8 Å². The van der Waals surface area contributed by atoms with Crippen LogP contribution < -0.4 is 11.5 Å². The number of ether oxygens (including phenoxy) is 1. The van der Waals surface area contributed by atoms with E-state index in [4.69, 9.17) is 16.2 Å². The van der Waals surface area contributed by atoms with Gasteiger partial charge in [-0.05, 0) is 30.5 Å². The van der Waals surface area contributed by atoms with Gasteiger partial charge in [-0.25, -0.2) is 0 Å². The van der Waals surface area contributed by atoms with Crippen LogP contribution in [0, 0.1) is 0 Å². The lowest BCUT2D eigenvalue weighted by Crippen LogP contribution is -2.38. The molecule has 18 heavy (non-hydrogen) atoms. The van der Waals surface area contributed by atoms with Crippen molar-refractivity contribution >= 4 is 21.9 Å². The van der Waals surface area contributed by atoms with Crippen LogP contribution in [0.2, 0.25) is 0 Å². The fraction of sp³-hybridized carbons (Fsp3) is 0.462. The number of nitrogens with zero attached hydrogens (tertiary/aromatic N) is 1. The molecule has 5 heteroatoms. The number of hydrogen-bond donors (Lipinski definition) is 2. The summed E-state index contributed by atoms with van der Waals surface area (Å²) in [6.07, 6.45) is 1.90. The van der Waals surface area contributed by atoms with E-state index in [0.717, 1.165) is 30.5 Å². The zero-order valence-corrected chi connectivity index (χ0v) is 11.8. The van der Waals surface area contributed by atoms with Crippen molar-refractivity contribution in [1.29, 1.82) is 0 Å². The maximum Gasteiger partial charge on any atom is 0.185 e. The largest absolute Gasteiger partial charge is 0.381 e. The van der Waals surface area contributed by atoms with Gasteiger partial charge in [0.05, 0.1) is 6.54 Å². The molecule has 0 atom stereocenters. The zero-order chi connectivity index (χ0) is 13.0. The minimum Gasteiger partial charge on any atom is -0.381 e. The van der Waals surface area contributed by atoms with E-state index < -0.39 is 0 Å². The Morgan fingerprint density at radius 2 is 1.83 bits per heavy atom. The smallest absolute Gasteiger partial charge is 0.185 e. The van der Waals surface area contributed by atoms with E-state index in [2.05, 4.69) is 45.2 Å². The van der Waals surface area contributed by atoms with Crippen LogP contribution in [0.4, 0.5) is 0 Å². The average molecular weight is 312 g/mol. The predicted molar refractivity (Wildman–Crippen MR) is 76.5 cm³/mol. The van der Waals surface area contributed by atoms with E-state index in [-0.39, 0.29) is 11.4 Å². The molecular formula is C13H18BrN3O. The number of benzene rings is 1. The van der Waals surface area contributed by atoms with Gasteiger partial charge in [-0.2, -0.15) is 0 Å². The van der Waals surface area contributed by atoms with E-state index >= 15 is 0 Å². The van der Waals surface area contributed by atoms with E-state index in [0.29, 0.717) is 6.54 Å². The molecule has 1 saturated heterocycles. The van der Waals surface area contributed by atoms with Gasteiger partial charge in [0.2, 0.25) is 0 Å². The number of halogens is 1. The van der Waals surface area contributed by atoms with Crippen LogP contribution >= 0.6 is 15.9 Å². The second kappa shape index (κ2) is 5.71. The third-order valence-electron chi connectivity index (χ3n) is 3.47. The summed E-state index contributed by atoms with van der Waals surface area (Å²) < 4.78 is 6.54. The maximum atomic E-state index is 5.46. The molecule has 0 bridgehead atoms. The lowest BCUT2D eigenvalue weighted by atomic mass is 9.74. The van der Waals surface area contributed by atoms with E-state index in [1.54, 1.807) is 0 Å². The Hall–Kier alpha value is -1.07. The molecule has 0 aromatic heterocycles. The van der Waals surface area contributed by atoms with Crippen LogP contribution in [-0.2, 0) is 10.2 Å². The molecular weight excluding hydrogens is 294 g/mol. The Labute approximate surface area is 116 Å². The van der Waals surface area contributed by atoms with Gasteiger partial charge in [0.25, 0.3) is 0 Å². The van der Waals surface area contributed by atoms with Crippen LogP contribution in [0.1, 0.15) is 18.4 Å². The minimum absolute atomic E-state index is 0.00292. The third-order valence-corrected chi connectivity index (χ3v) is 4.00. The molecule has 0 unspecified atom stereocenters. The van der Waals surface area contributed by atoms with Crippen LogP contribution in [0.5, 0.6) is 0 Å². The fourth-order valence-electron chi connectivity index (χ4n) is 2.35. The van der Waals surface area contributed by atoms with Crippen molar-refractivity contribution in [3.05, 3.63) is 34.3 Å². The monoisotopic (exact) mass is 311 g/mol. The summed E-state index contributed by atoms with van der Waals surface area (Å²) in [5, 5.41) is 0. The summed E-state index contributed by atoms with van der Waals surface area (Å²) in [5.74, 6) is 0.151. The van der Waals surface area contributed by atoms with Gasteiger partial charge in [-0.15, -0.1) is 0 Å². The zero-order valence-electron chi connectivity index (χ0n) is 10.2. The average Bonchev–Trinajstić information content (AvgIpc) is 2.38. The summed E-state index contributed by atoms with van der Waals surface area (Å²) >= 11 is 3.46. The highest BCUT2D eigenvalue weighted by Gasteiger charge is 2.34. The molecule has 1 aromatic carbocycles. The Bertz CT molecular complexity index is 420. The maximum absolute atomic E-state index is 5.46. The Morgan fingerprint density at radius 1 is 1.22 bits per heavy atom. The first-order valence-electron chi connectivity index (χ1n) is 6.02. The summed E-state index contributed by atoms with van der Waals surface area (Å²) in [6.45, 7) is 2.15. The van der Waals surface area contributed by atoms with Crippen molar-refractivity contribution in [2.45, 2.75) is 18.3 Å². The minimum atomic E-state index is 0.00292. The first-order valence-corrected chi connectivity index (χ1v) is 6.81. The molecule has 0 aliphatic carbocycles. The van der Waals surface area contributed by atoms with Gasteiger partial charge in [0.15, 0.2) is 5.96 Å². The van der Waals surface area contributed by atoms with Gasteiger partial charge in [0.1, 0.15) is 0 Å². The van der Waals surface area contributed by atoms with Crippen LogP contribution in [-0.4, -0.2) is 25.7 Å². The van der Waals surface area contributed by atoms with Crippen molar-refractivity contribution in [3.8, 4) is 0 Å². The number of rotatable bonds is 3. The van der Waals surface area contributed by atoms with Gasteiger partial charge >= 0.3 is 0 Å². The highest BCUT2D eigenvalue weighted by Crippen LogP contribution is 2.35. The number of hydrogen-bond acceptors (Lipinski definition) is 2. The van der Waals surface area contributed by atoms with Crippen molar-refractivity contribution in [3.63, 3.8) is 0 Å². The summed E-state index contributed by atoms with van der Waals surface area (Å²) in [7, 11) is 0. The van der Waals surface area contributed by atoms with Gasteiger partial charge in [-0.1, -0.05) is 28.1 Å². The van der Waals surface area contributed by atoms with Crippen LogP contribution in [0.25, 0.3) is 0 Å². The van der Waals surface area contributed by atoms with Gasteiger partial charge < -0.3 is 16.2 Å². The second-order valence-electron chi connectivity index (χ2n) is 4.64. The summed E-state index contributed by atoms with van der Waals surface area (Å²) in [6, 6.07) is 8.39. The molecule has 1 fully saturated rings. The lowest BCUT2D eigenvalue weighted by Gasteiger charge is -2.36. The van der Waals surface area contributed by atoms with Crippen molar-refractivity contribution in [1.82, 2.24) is 0 Å². The molecule has 0 saturated carbocycles. The quantitative estimate of drug-likeness (QED) is 0.660. The molecule has 98 valence electrons. The molecule has 0 amide bonds. The molecule has 1 aliphatic rings. The Kier molecular flexibility index (Phi) is 4.24. The second-order valence-corrected chi connectivity index (χ2v) is 5.56. The molecule has 2 rings (SSSR count). The molecule has 1 heterocycles. The van der Waals surface area contributed by atoms with Gasteiger partial charge in [0, 0.05) is 23.1 Å². The molecule has 1 aromatic rings. The van der Waals surface area contributed by atoms with E-state index in [9.17, 15) is 0 Å². The number of nitrogens with two attached hydrogens (primary N) is 2. The lowest BCUT2D eigenvalue weighted by molar-refractivity contribution is 0.0531. The fourth-order valence-corrected chi connectivity index (χ4v) is 2.61. The highest BCUT2D eigenvalue weighted by atomic mass is 79.9. The SMILES string of the molecule is NC(N)=NCC1(c2ccc(Br)cc2)CCOCC1. The standard InChI is InChI=1S/C13H18BrN3O/c14-11-3-1-10(2-4-11)13(9-17-12(15)16)5-7-18-8-6-13/h1-4H,5-9H2,(H4,15,16,17). The molecule has 0 spiro atoms. The van der Waals surface area contributed by atoms with Crippen LogP contribution in [0.3, 0.4) is 0 Å². The molecule has 0 radical (unpaired) electrons. The topological polar surface area (TPSA) is 73.6 Å². The normalized spacial score (nSPS) is 18.3. The predicted octanol–water partition coefficient (Wildman–Crippen LogP) is 1.77. The third kappa shape index (κ3) is 3.03. The number of guanidine groups is 1. The van der Waals surface area contributed by atoms with E-state index in [1.807, 2.05) is 0 Å². The van der Waals surface area contributed by atoms with E-state index in [1.165, 1.54) is 5.56 Å². The summed E-state index contributed by atoms with van der Waals surface area (Å²) in [5.41, 5.74) is 12.2. The Morgan fingerprint density at radius 3 is 2.39 bits per heavy atom. The highest BCUT2D eigenvalue weighted by molar-refractivity contribution is 9.10. The Balaban J connectivity index is 2.28. The molecule has 4 nitrogen and oxygen atoms in total. The molecule has 1 aliphatic heterocycles. The first kappa shape index (κ1) is 13.4. The van der Waals surface area contributed by atoms with Gasteiger partial charge in [-0.3, -0.25) is 4.99 Å². The van der Waals surface area contributed by atoms with Crippen molar-refractivity contribution < 1.29 is 4.74 Å². The van der Waals surface area contributed by atoms with Crippen LogP contribution in [0.15, 0.2) is 33.7 Å².